The topological polar surface area (TPSA) is 26.0 Å². The van der Waals surface area contributed by atoms with Gasteiger partial charge in [-0.1, -0.05) is 53.4 Å². The van der Waals surface area contributed by atoms with Crippen molar-refractivity contribution in [3.63, 3.8) is 0 Å². The number of rotatable bonds is 9. The van der Waals surface area contributed by atoms with Crippen LogP contribution in [0.2, 0.25) is 0 Å². The zero-order valence-corrected chi connectivity index (χ0v) is 11.3. The van der Waals surface area contributed by atoms with Crippen LogP contribution < -0.4 is 5.73 Å². The smallest absolute Gasteiger partial charge is 0.00206 e. The van der Waals surface area contributed by atoms with Crippen molar-refractivity contribution in [3.8, 4) is 0 Å². The first-order valence-electron chi connectivity index (χ1n) is 6.88. The molecule has 1 unspecified atom stereocenters. The summed E-state index contributed by atoms with van der Waals surface area (Å²) < 4.78 is 0. The molecule has 1 heteroatoms. The molecule has 0 aromatic carbocycles. The molecule has 1 atom stereocenters. The largest absolute Gasteiger partial charge is 0.330 e. The van der Waals surface area contributed by atoms with Crippen LogP contribution >= 0.6 is 0 Å². The van der Waals surface area contributed by atoms with E-state index in [1.54, 1.807) is 0 Å². The Kier molecular flexibility index (Phi) is 8.13. The minimum Gasteiger partial charge on any atom is -0.330 e. The molecule has 92 valence electrons. The number of hydrogen-bond donors (Lipinski definition) is 1. The van der Waals surface area contributed by atoms with Crippen molar-refractivity contribution in [1.82, 2.24) is 0 Å². The van der Waals surface area contributed by atoms with Crippen LogP contribution in [0.25, 0.3) is 0 Å². The summed E-state index contributed by atoms with van der Waals surface area (Å²) in [5.41, 5.74) is 6.39. The van der Waals surface area contributed by atoms with Crippen LogP contribution in [0.3, 0.4) is 0 Å². The Morgan fingerprint density at radius 2 is 1.67 bits per heavy atom. The average molecular weight is 213 g/mol. The van der Waals surface area contributed by atoms with Crippen molar-refractivity contribution in [3.05, 3.63) is 0 Å². The summed E-state index contributed by atoms with van der Waals surface area (Å²) in [4.78, 5) is 0. The number of unbranched alkanes of at least 4 members (excludes halogenated alkanes) is 1. The molecule has 1 nitrogen and oxygen atoms in total. The highest BCUT2D eigenvalue weighted by molar-refractivity contribution is 4.80. The molecule has 0 aromatic heterocycles. The lowest BCUT2D eigenvalue weighted by Gasteiger charge is -2.34. The Morgan fingerprint density at radius 1 is 1.07 bits per heavy atom. The van der Waals surface area contributed by atoms with Crippen LogP contribution in [0.4, 0.5) is 0 Å². The van der Waals surface area contributed by atoms with Gasteiger partial charge in [-0.25, -0.2) is 0 Å². The van der Waals surface area contributed by atoms with Gasteiger partial charge in [-0.2, -0.15) is 0 Å². The van der Waals surface area contributed by atoms with Crippen LogP contribution in [0.15, 0.2) is 0 Å². The third kappa shape index (κ3) is 5.01. The van der Waals surface area contributed by atoms with E-state index in [1.807, 2.05) is 0 Å². The van der Waals surface area contributed by atoms with Gasteiger partial charge in [0.15, 0.2) is 0 Å². The van der Waals surface area contributed by atoms with E-state index in [1.165, 1.54) is 44.9 Å². The van der Waals surface area contributed by atoms with Gasteiger partial charge in [0.25, 0.3) is 0 Å². The molecule has 15 heavy (non-hydrogen) atoms. The summed E-state index contributed by atoms with van der Waals surface area (Å²) in [6.07, 6.45) is 9.24. The first-order chi connectivity index (χ1) is 7.17. The minimum absolute atomic E-state index is 0.425. The molecular weight excluding hydrogens is 182 g/mol. The zero-order chi connectivity index (χ0) is 11.7. The van der Waals surface area contributed by atoms with Crippen molar-refractivity contribution in [2.24, 2.45) is 17.1 Å². The van der Waals surface area contributed by atoms with Crippen molar-refractivity contribution in [2.45, 2.75) is 72.6 Å². The molecule has 0 amide bonds. The SMILES string of the molecule is CCCCC(CC)CC(CC)(CC)CN. The number of hydrogen-bond acceptors (Lipinski definition) is 1. The Labute approximate surface area is 96.8 Å². The lowest BCUT2D eigenvalue weighted by atomic mass is 9.73. The Balaban J connectivity index is 4.21. The van der Waals surface area contributed by atoms with E-state index in [2.05, 4.69) is 27.7 Å². The standard InChI is InChI=1S/C14H31N/c1-5-9-10-13(6-2)11-14(7-3,8-4)12-15/h13H,5-12,15H2,1-4H3. The summed E-state index contributed by atoms with van der Waals surface area (Å²) in [5, 5.41) is 0. The fraction of sp³-hybridized carbons (Fsp3) is 1.00. The Bertz CT molecular complexity index is 130. The molecule has 0 aliphatic heterocycles. The summed E-state index contributed by atoms with van der Waals surface area (Å²) >= 11 is 0. The highest BCUT2D eigenvalue weighted by atomic mass is 14.6. The van der Waals surface area contributed by atoms with Crippen molar-refractivity contribution in [1.29, 1.82) is 0 Å². The minimum atomic E-state index is 0.425. The van der Waals surface area contributed by atoms with Crippen molar-refractivity contribution in [2.75, 3.05) is 6.54 Å². The van der Waals surface area contributed by atoms with Crippen LogP contribution in [-0.2, 0) is 0 Å². The fourth-order valence-electron chi connectivity index (χ4n) is 2.47. The predicted molar refractivity (Wildman–Crippen MR) is 70.0 cm³/mol. The van der Waals surface area contributed by atoms with E-state index in [0.29, 0.717) is 5.41 Å². The average Bonchev–Trinajstić information content (AvgIpc) is 2.30. The van der Waals surface area contributed by atoms with E-state index in [0.717, 1.165) is 12.5 Å². The molecule has 0 heterocycles. The van der Waals surface area contributed by atoms with E-state index in [9.17, 15) is 0 Å². The second-order valence-corrected chi connectivity index (χ2v) is 5.03. The maximum absolute atomic E-state index is 5.96. The second-order valence-electron chi connectivity index (χ2n) is 5.03. The van der Waals surface area contributed by atoms with Gasteiger partial charge in [-0.3, -0.25) is 0 Å². The van der Waals surface area contributed by atoms with Gasteiger partial charge in [0.1, 0.15) is 0 Å². The van der Waals surface area contributed by atoms with E-state index >= 15 is 0 Å². The van der Waals surface area contributed by atoms with Gasteiger partial charge in [-0.15, -0.1) is 0 Å². The maximum atomic E-state index is 5.96. The Hall–Kier alpha value is -0.0400. The van der Waals surface area contributed by atoms with E-state index in [4.69, 9.17) is 5.73 Å². The summed E-state index contributed by atoms with van der Waals surface area (Å²) in [6.45, 7) is 10.1. The second kappa shape index (κ2) is 8.15. The van der Waals surface area contributed by atoms with E-state index in [-0.39, 0.29) is 0 Å². The third-order valence-corrected chi connectivity index (χ3v) is 4.20. The normalized spacial score (nSPS) is 14.2. The summed E-state index contributed by atoms with van der Waals surface area (Å²) in [7, 11) is 0. The molecular formula is C14H31N. The van der Waals surface area contributed by atoms with Crippen LogP contribution in [0.1, 0.15) is 72.6 Å². The lowest BCUT2D eigenvalue weighted by molar-refractivity contribution is 0.192. The zero-order valence-electron chi connectivity index (χ0n) is 11.3. The van der Waals surface area contributed by atoms with Crippen LogP contribution in [0, 0.1) is 11.3 Å². The molecule has 0 fully saturated rings. The Morgan fingerprint density at radius 3 is 2.00 bits per heavy atom. The molecule has 2 N–H and O–H groups in total. The molecule has 0 radical (unpaired) electrons. The summed E-state index contributed by atoms with van der Waals surface area (Å²) in [6, 6.07) is 0. The number of nitrogens with two attached hydrogens (primary N) is 1. The van der Waals surface area contributed by atoms with Gasteiger partial charge in [0, 0.05) is 0 Å². The molecule has 0 rings (SSSR count). The third-order valence-electron chi connectivity index (χ3n) is 4.20. The van der Waals surface area contributed by atoms with Crippen LogP contribution in [-0.4, -0.2) is 6.54 Å². The first kappa shape index (κ1) is 15.0. The van der Waals surface area contributed by atoms with Gasteiger partial charge < -0.3 is 5.73 Å². The predicted octanol–water partition coefficient (Wildman–Crippen LogP) is 4.36. The molecule has 0 saturated heterocycles. The van der Waals surface area contributed by atoms with Gasteiger partial charge in [0.05, 0.1) is 0 Å². The lowest BCUT2D eigenvalue weighted by Crippen LogP contribution is -2.31. The summed E-state index contributed by atoms with van der Waals surface area (Å²) in [5.74, 6) is 0.897. The fourth-order valence-corrected chi connectivity index (χ4v) is 2.47. The monoisotopic (exact) mass is 213 g/mol. The van der Waals surface area contributed by atoms with Crippen LogP contribution in [0.5, 0.6) is 0 Å². The molecule has 0 aromatic rings. The van der Waals surface area contributed by atoms with Crippen molar-refractivity contribution < 1.29 is 0 Å². The molecule has 0 spiro atoms. The van der Waals surface area contributed by atoms with Gasteiger partial charge in [-0.05, 0) is 37.1 Å². The molecule has 0 aliphatic carbocycles. The molecule has 0 bridgehead atoms. The van der Waals surface area contributed by atoms with Crippen molar-refractivity contribution >= 4 is 0 Å². The first-order valence-corrected chi connectivity index (χ1v) is 6.88. The van der Waals surface area contributed by atoms with E-state index < -0.39 is 0 Å². The van der Waals surface area contributed by atoms with Gasteiger partial charge in [0.2, 0.25) is 0 Å². The quantitative estimate of drug-likeness (QED) is 0.605. The van der Waals surface area contributed by atoms with Gasteiger partial charge >= 0.3 is 0 Å². The highest BCUT2D eigenvalue weighted by Crippen LogP contribution is 2.35. The molecule has 0 saturated carbocycles. The highest BCUT2D eigenvalue weighted by Gasteiger charge is 2.27. The maximum Gasteiger partial charge on any atom is -0.00206 e. The molecule has 0 aliphatic rings.